The highest BCUT2D eigenvalue weighted by atomic mass is 16.6. The van der Waals surface area contributed by atoms with Gasteiger partial charge in [-0.05, 0) is 47.5 Å². The molecule has 0 aliphatic heterocycles. The zero-order chi connectivity index (χ0) is 22.2. The van der Waals surface area contributed by atoms with Crippen LogP contribution in [0.1, 0.15) is 55.4 Å². The van der Waals surface area contributed by atoms with Crippen molar-refractivity contribution in [2.45, 2.75) is 79.2 Å². The molecule has 0 bridgehead atoms. The average Bonchev–Trinajstić information content (AvgIpc) is 2.54. The molecule has 0 aromatic rings. The largest absolute Gasteiger partial charge is 0.463 e. The van der Waals surface area contributed by atoms with Gasteiger partial charge in [-0.3, -0.25) is 4.79 Å². The fourth-order valence-electron chi connectivity index (χ4n) is 2.51. The number of rotatable bonds is 8. The molecule has 0 aromatic heterocycles. The first-order chi connectivity index (χ1) is 12.7. The quantitative estimate of drug-likeness (QED) is 0.478. The summed E-state index contributed by atoms with van der Waals surface area (Å²) in [6, 6.07) is -1.61. The summed E-state index contributed by atoms with van der Waals surface area (Å²) in [5, 5.41) is 12.5. The first-order valence-electron chi connectivity index (χ1n) is 9.51. The topological polar surface area (TPSA) is 105 Å². The Morgan fingerprint density at radius 2 is 1.71 bits per heavy atom. The molecule has 0 rings (SSSR count). The minimum atomic E-state index is -1.18. The maximum Gasteiger partial charge on any atom is 0.408 e. The predicted molar refractivity (Wildman–Crippen MR) is 107 cm³/mol. The number of amides is 2. The smallest absolute Gasteiger partial charge is 0.408 e. The Labute approximate surface area is 168 Å². The summed E-state index contributed by atoms with van der Waals surface area (Å²) in [5.41, 5.74) is -0.351. The van der Waals surface area contributed by atoms with Crippen LogP contribution in [0.25, 0.3) is 0 Å². The zero-order valence-electron chi connectivity index (χ0n) is 18.5. The number of carbonyl (C=O) groups is 3. The van der Waals surface area contributed by atoms with E-state index < -0.39 is 41.8 Å². The molecule has 8 nitrogen and oxygen atoms in total. The van der Waals surface area contributed by atoms with Crippen molar-refractivity contribution in [2.24, 2.45) is 5.92 Å². The van der Waals surface area contributed by atoms with Crippen LogP contribution in [-0.4, -0.2) is 65.4 Å². The van der Waals surface area contributed by atoms with E-state index >= 15 is 0 Å². The van der Waals surface area contributed by atoms with Gasteiger partial charge in [0, 0.05) is 12.6 Å². The van der Waals surface area contributed by atoms with E-state index in [0.29, 0.717) is 5.57 Å². The molecule has 28 heavy (non-hydrogen) atoms. The highest BCUT2D eigenvalue weighted by Crippen LogP contribution is 2.16. The van der Waals surface area contributed by atoms with Crippen molar-refractivity contribution in [3.05, 3.63) is 11.6 Å². The maximum absolute atomic E-state index is 13.0. The molecular formula is C20H36N2O6. The van der Waals surface area contributed by atoms with Gasteiger partial charge in [0.25, 0.3) is 0 Å². The minimum absolute atomic E-state index is 0.0190. The summed E-state index contributed by atoms with van der Waals surface area (Å²) in [6.07, 6.45) is -0.266. The lowest BCUT2D eigenvalue weighted by Crippen LogP contribution is -2.56. The second-order valence-electron chi connectivity index (χ2n) is 8.12. The van der Waals surface area contributed by atoms with E-state index in [1.807, 2.05) is 13.8 Å². The lowest BCUT2D eigenvalue weighted by Gasteiger charge is -2.33. The number of hydrogen-bond acceptors (Lipinski definition) is 6. The van der Waals surface area contributed by atoms with Gasteiger partial charge in [0.1, 0.15) is 11.6 Å². The summed E-state index contributed by atoms with van der Waals surface area (Å²) in [7, 11) is 1.56. The van der Waals surface area contributed by atoms with E-state index in [1.165, 1.54) is 11.8 Å². The number of aliphatic hydroxyl groups is 1. The molecule has 0 aromatic carbocycles. The number of ether oxygens (including phenoxy) is 2. The van der Waals surface area contributed by atoms with Gasteiger partial charge in [0.05, 0.1) is 18.8 Å². The van der Waals surface area contributed by atoms with E-state index in [2.05, 4.69) is 5.32 Å². The number of aliphatic hydroxyl groups excluding tert-OH is 1. The van der Waals surface area contributed by atoms with Gasteiger partial charge in [0.15, 0.2) is 0 Å². The summed E-state index contributed by atoms with van der Waals surface area (Å²) in [5.74, 6) is -0.963. The van der Waals surface area contributed by atoms with E-state index in [4.69, 9.17) is 9.47 Å². The van der Waals surface area contributed by atoms with E-state index in [0.717, 1.165) is 0 Å². The van der Waals surface area contributed by atoms with E-state index in [-0.39, 0.29) is 12.5 Å². The molecule has 2 N–H and O–H groups in total. The monoisotopic (exact) mass is 400 g/mol. The van der Waals surface area contributed by atoms with Gasteiger partial charge in [-0.2, -0.15) is 0 Å². The number of carbonyl (C=O) groups excluding carboxylic acids is 3. The number of esters is 1. The molecule has 0 heterocycles. The molecule has 0 aliphatic rings. The van der Waals surface area contributed by atoms with Gasteiger partial charge in [-0.15, -0.1) is 0 Å². The van der Waals surface area contributed by atoms with E-state index in [9.17, 15) is 19.5 Å². The highest BCUT2D eigenvalue weighted by molar-refractivity contribution is 5.89. The molecular weight excluding hydrogens is 364 g/mol. The van der Waals surface area contributed by atoms with Gasteiger partial charge in [-0.25, -0.2) is 9.59 Å². The Hall–Kier alpha value is -2.09. The summed E-state index contributed by atoms with van der Waals surface area (Å²) in [6.45, 7) is 13.9. The first-order valence-corrected chi connectivity index (χ1v) is 9.51. The fourth-order valence-corrected chi connectivity index (χ4v) is 2.51. The summed E-state index contributed by atoms with van der Waals surface area (Å²) >= 11 is 0. The molecule has 0 saturated heterocycles. The van der Waals surface area contributed by atoms with Crippen LogP contribution in [0.4, 0.5) is 4.79 Å². The standard InChI is InChI=1S/C20H36N2O6/c1-10-27-18(25)13(4)11-15(12(2)3)22(9)17(24)16(14(5)23)21-19(26)28-20(6,7)8/h11-12,14-16,23H,10H2,1-9H3,(H,21,26)/b13-11+/t14-,15+,16-/m0/s1. The van der Waals surface area contributed by atoms with Crippen LogP contribution < -0.4 is 5.32 Å². The Kier molecular flexibility index (Phi) is 10.2. The molecule has 162 valence electrons. The number of nitrogens with zero attached hydrogens (tertiary/aromatic N) is 1. The lowest BCUT2D eigenvalue weighted by atomic mass is 9.98. The molecule has 2 amide bonds. The number of likely N-dealkylation sites (N-methyl/N-ethyl adjacent to an activating group) is 1. The van der Waals surface area contributed by atoms with Crippen molar-refractivity contribution in [3.8, 4) is 0 Å². The first kappa shape index (κ1) is 25.9. The van der Waals surface area contributed by atoms with Crippen LogP contribution >= 0.6 is 0 Å². The number of hydrogen-bond donors (Lipinski definition) is 2. The summed E-state index contributed by atoms with van der Waals surface area (Å²) in [4.78, 5) is 38.3. The second-order valence-corrected chi connectivity index (χ2v) is 8.12. The minimum Gasteiger partial charge on any atom is -0.463 e. The lowest BCUT2D eigenvalue weighted by molar-refractivity contribution is -0.139. The van der Waals surface area contributed by atoms with E-state index in [1.54, 1.807) is 47.7 Å². The third-order valence-corrected chi connectivity index (χ3v) is 3.92. The van der Waals surface area contributed by atoms with Crippen molar-refractivity contribution in [1.29, 1.82) is 0 Å². The van der Waals surface area contributed by atoms with Crippen LogP contribution in [0.3, 0.4) is 0 Å². The van der Waals surface area contributed by atoms with Crippen LogP contribution in [0, 0.1) is 5.92 Å². The Balaban J connectivity index is 5.51. The fraction of sp³-hybridized carbons (Fsp3) is 0.750. The molecule has 0 radical (unpaired) electrons. The number of alkyl carbamates (subject to hydrolysis) is 1. The Morgan fingerprint density at radius 3 is 2.11 bits per heavy atom. The van der Waals surface area contributed by atoms with Crippen LogP contribution in [0.2, 0.25) is 0 Å². The normalized spacial score (nSPS) is 15.5. The third kappa shape index (κ3) is 8.73. The van der Waals surface area contributed by atoms with Gasteiger partial charge in [-0.1, -0.05) is 19.9 Å². The van der Waals surface area contributed by atoms with Crippen molar-refractivity contribution in [1.82, 2.24) is 10.2 Å². The van der Waals surface area contributed by atoms with Crippen molar-refractivity contribution in [2.75, 3.05) is 13.7 Å². The van der Waals surface area contributed by atoms with Gasteiger partial charge in [0.2, 0.25) is 5.91 Å². The zero-order valence-corrected chi connectivity index (χ0v) is 18.5. The Bertz CT molecular complexity index is 578. The van der Waals surface area contributed by atoms with Crippen LogP contribution in [0.5, 0.6) is 0 Å². The molecule has 0 fully saturated rings. The molecule has 3 atom stereocenters. The highest BCUT2D eigenvalue weighted by Gasteiger charge is 2.33. The SMILES string of the molecule is CCOC(=O)/C(C)=C/[C@H](C(C)C)N(C)C(=O)[C@@H](NC(=O)OC(C)(C)C)[C@H](C)O. The van der Waals surface area contributed by atoms with Crippen LogP contribution in [-0.2, 0) is 19.1 Å². The third-order valence-electron chi connectivity index (χ3n) is 3.92. The van der Waals surface area contributed by atoms with Crippen molar-refractivity contribution < 1.29 is 29.0 Å². The van der Waals surface area contributed by atoms with Crippen LogP contribution in [0.15, 0.2) is 11.6 Å². The summed E-state index contributed by atoms with van der Waals surface area (Å²) < 4.78 is 10.2. The molecule has 0 saturated carbocycles. The molecule has 0 spiro atoms. The average molecular weight is 401 g/mol. The predicted octanol–water partition coefficient (Wildman–Crippen LogP) is 2.25. The molecule has 8 heteroatoms. The van der Waals surface area contributed by atoms with Crippen molar-refractivity contribution in [3.63, 3.8) is 0 Å². The maximum atomic E-state index is 13.0. The molecule has 0 unspecified atom stereocenters. The molecule has 0 aliphatic carbocycles. The van der Waals surface area contributed by atoms with Gasteiger partial charge < -0.3 is 24.8 Å². The van der Waals surface area contributed by atoms with Gasteiger partial charge >= 0.3 is 12.1 Å². The Morgan fingerprint density at radius 1 is 1.18 bits per heavy atom. The second kappa shape index (κ2) is 11.0. The van der Waals surface area contributed by atoms with Crippen molar-refractivity contribution >= 4 is 18.0 Å². The number of nitrogens with one attached hydrogen (secondary N) is 1.